The topological polar surface area (TPSA) is 88.9 Å². The second kappa shape index (κ2) is 11.3. The second-order valence-corrected chi connectivity index (χ2v) is 9.93. The molecule has 0 aliphatic heterocycles. The Labute approximate surface area is 225 Å². The molecule has 0 fully saturated rings. The summed E-state index contributed by atoms with van der Waals surface area (Å²) in [6.07, 6.45) is 0. The van der Waals surface area contributed by atoms with E-state index in [2.05, 4.69) is 20.8 Å². The Kier molecular flexibility index (Phi) is 7.51. The number of anilines is 1. The molecule has 0 unspecified atom stereocenters. The molecule has 8 heteroatoms. The highest BCUT2D eigenvalue weighted by atomic mass is 32.2. The summed E-state index contributed by atoms with van der Waals surface area (Å²) in [5.74, 6) is 0.420. The average molecular weight is 522 g/mol. The summed E-state index contributed by atoms with van der Waals surface area (Å²) in [6, 6.07) is 29.1. The Hall–Kier alpha value is -4.43. The number of fused-ring (bicyclic) bond motifs is 1. The minimum atomic E-state index is -0.188. The normalized spacial score (nSPS) is 10.9. The van der Waals surface area contributed by atoms with Gasteiger partial charge in [0.05, 0.1) is 12.3 Å². The van der Waals surface area contributed by atoms with Crippen molar-refractivity contribution in [2.75, 3.05) is 11.1 Å². The maximum absolute atomic E-state index is 13.1. The number of carbonyl (C=O) groups excluding carboxylic acids is 2. The lowest BCUT2D eigenvalue weighted by atomic mass is 10.0. The second-order valence-electron chi connectivity index (χ2n) is 8.99. The van der Waals surface area contributed by atoms with Crippen molar-refractivity contribution in [2.24, 2.45) is 0 Å². The molecule has 5 rings (SSSR count). The number of nitrogens with one attached hydrogen (secondary N) is 2. The number of thioether (sulfide) groups is 1. The first-order valence-electron chi connectivity index (χ1n) is 12.2. The molecular formula is C30H27N5O2S. The van der Waals surface area contributed by atoms with E-state index in [1.54, 1.807) is 0 Å². The largest absolute Gasteiger partial charge is 0.345 e. The van der Waals surface area contributed by atoms with Gasteiger partial charge in [0, 0.05) is 16.9 Å². The van der Waals surface area contributed by atoms with Gasteiger partial charge in [-0.25, -0.2) is 0 Å². The predicted molar refractivity (Wildman–Crippen MR) is 152 cm³/mol. The average Bonchev–Trinajstić information content (AvgIpc) is 3.33. The van der Waals surface area contributed by atoms with Gasteiger partial charge in [-0.05, 0) is 66.1 Å². The van der Waals surface area contributed by atoms with Gasteiger partial charge in [-0.2, -0.15) is 0 Å². The van der Waals surface area contributed by atoms with Crippen molar-refractivity contribution in [2.45, 2.75) is 25.5 Å². The Bertz CT molecular complexity index is 1620. The minimum Gasteiger partial charge on any atom is -0.345 e. The van der Waals surface area contributed by atoms with Gasteiger partial charge in [-0.1, -0.05) is 72.4 Å². The number of nitrogens with zero attached hydrogens (tertiary/aromatic N) is 3. The quantitative estimate of drug-likeness (QED) is 0.256. The molecule has 0 aliphatic rings. The molecule has 4 aromatic carbocycles. The van der Waals surface area contributed by atoms with E-state index in [0.29, 0.717) is 16.5 Å². The molecule has 38 heavy (non-hydrogen) atoms. The molecule has 1 aromatic heterocycles. The summed E-state index contributed by atoms with van der Waals surface area (Å²) in [5, 5.41) is 17.1. The summed E-state index contributed by atoms with van der Waals surface area (Å²) in [7, 11) is 0. The van der Waals surface area contributed by atoms with Crippen LogP contribution in [0.15, 0.2) is 96.2 Å². The van der Waals surface area contributed by atoms with E-state index in [0.717, 1.165) is 33.3 Å². The van der Waals surface area contributed by atoms with Gasteiger partial charge in [-0.3, -0.25) is 14.2 Å². The molecule has 190 valence electrons. The summed E-state index contributed by atoms with van der Waals surface area (Å²) in [5.41, 5.74) is 4.38. The number of benzene rings is 4. The molecule has 0 saturated carbocycles. The lowest BCUT2D eigenvalue weighted by molar-refractivity contribution is -0.113. The van der Waals surface area contributed by atoms with Crippen molar-refractivity contribution >= 4 is 40.0 Å². The third-order valence-corrected chi connectivity index (χ3v) is 6.96. The highest BCUT2D eigenvalue weighted by Gasteiger charge is 2.18. The zero-order chi connectivity index (χ0) is 26.5. The van der Waals surface area contributed by atoms with Gasteiger partial charge in [0.2, 0.25) is 5.91 Å². The molecule has 0 atom stereocenters. The maximum atomic E-state index is 13.1. The molecular weight excluding hydrogens is 494 g/mol. The lowest BCUT2D eigenvalue weighted by Crippen LogP contribution is -2.25. The van der Waals surface area contributed by atoms with Gasteiger partial charge < -0.3 is 10.6 Å². The van der Waals surface area contributed by atoms with Crippen molar-refractivity contribution < 1.29 is 9.59 Å². The Morgan fingerprint density at radius 2 is 1.58 bits per heavy atom. The van der Waals surface area contributed by atoms with Crippen molar-refractivity contribution in [1.29, 1.82) is 0 Å². The number of hydrogen-bond donors (Lipinski definition) is 2. The molecule has 0 saturated heterocycles. The van der Waals surface area contributed by atoms with Crippen LogP contribution in [0, 0.1) is 13.8 Å². The fourth-order valence-electron chi connectivity index (χ4n) is 4.26. The van der Waals surface area contributed by atoms with Crippen LogP contribution in [0.4, 0.5) is 5.69 Å². The number of carbonyl (C=O) groups is 2. The molecule has 2 amide bonds. The maximum Gasteiger partial charge on any atom is 0.252 e. The molecule has 0 spiro atoms. The molecule has 0 radical (unpaired) electrons. The highest BCUT2D eigenvalue weighted by molar-refractivity contribution is 7.99. The van der Waals surface area contributed by atoms with Crippen LogP contribution in [0.1, 0.15) is 27.3 Å². The first kappa shape index (κ1) is 25.2. The zero-order valence-electron chi connectivity index (χ0n) is 21.1. The summed E-state index contributed by atoms with van der Waals surface area (Å²) in [4.78, 5) is 25.8. The Morgan fingerprint density at radius 3 is 2.39 bits per heavy atom. The number of hydrogen-bond acceptors (Lipinski definition) is 5. The monoisotopic (exact) mass is 521 g/mol. The van der Waals surface area contributed by atoms with Crippen LogP contribution < -0.4 is 10.6 Å². The summed E-state index contributed by atoms with van der Waals surface area (Å²) in [6.45, 7) is 4.17. The SMILES string of the molecule is Cc1cccc(NC(=O)CSc2nnc(CNC(=O)c3cccc4ccccc34)n2-c2cccc(C)c2)c1. The van der Waals surface area contributed by atoms with Gasteiger partial charge in [-0.15, -0.1) is 10.2 Å². The number of rotatable bonds is 8. The third kappa shape index (κ3) is 5.76. The zero-order valence-corrected chi connectivity index (χ0v) is 22.0. The van der Waals surface area contributed by atoms with Gasteiger partial charge in [0.1, 0.15) is 0 Å². The number of aromatic nitrogens is 3. The van der Waals surface area contributed by atoms with Crippen molar-refractivity contribution in [1.82, 2.24) is 20.1 Å². The van der Waals surface area contributed by atoms with Gasteiger partial charge in [0.25, 0.3) is 5.91 Å². The number of aryl methyl sites for hydroxylation is 2. The smallest absolute Gasteiger partial charge is 0.252 e. The lowest BCUT2D eigenvalue weighted by Gasteiger charge is -2.12. The van der Waals surface area contributed by atoms with Crippen LogP contribution in [0.3, 0.4) is 0 Å². The van der Waals surface area contributed by atoms with E-state index in [4.69, 9.17) is 0 Å². The van der Waals surface area contributed by atoms with Crippen molar-refractivity contribution in [3.8, 4) is 5.69 Å². The van der Waals surface area contributed by atoms with Crippen LogP contribution >= 0.6 is 11.8 Å². The first-order valence-corrected chi connectivity index (χ1v) is 13.2. The summed E-state index contributed by atoms with van der Waals surface area (Å²) >= 11 is 1.30. The molecule has 7 nitrogen and oxygen atoms in total. The Morgan fingerprint density at radius 1 is 0.842 bits per heavy atom. The fraction of sp³-hybridized carbons (Fsp3) is 0.133. The molecule has 1 heterocycles. The molecule has 5 aromatic rings. The van der Waals surface area contributed by atoms with Crippen LogP contribution in [-0.2, 0) is 11.3 Å². The van der Waals surface area contributed by atoms with Crippen LogP contribution in [0.2, 0.25) is 0 Å². The Balaban J connectivity index is 1.35. The standard InChI is InChI=1S/C30H27N5O2S/c1-20-8-5-12-23(16-20)32-28(36)19-38-30-34-33-27(35(30)24-13-6-9-21(2)17-24)18-31-29(37)26-15-7-11-22-10-3-4-14-25(22)26/h3-17H,18-19H2,1-2H3,(H,31,37)(H,32,36). The summed E-state index contributed by atoms with van der Waals surface area (Å²) < 4.78 is 1.89. The highest BCUT2D eigenvalue weighted by Crippen LogP contribution is 2.24. The van der Waals surface area contributed by atoms with Crippen LogP contribution in [0.5, 0.6) is 0 Å². The van der Waals surface area contributed by atoms with E-state index in [1.807, 2.05) is 109 Å². The number of amides is 2. The van der Waals surface area contributed by atoms with Crippen molar-refractivity contribution in [3.05, 3.63) is 114 Å². The molecule has 0 aliphatic carbocycles. The van der Waals surface area contributed by atoms with Gasteiger partial charge >= 0.3 is 0 Å². The molecule has 2 N–H and O–H groups in total. The minimum absolute atomic E-state index is 0.134. The first-order chi connectivity index (χ1) is 18.5. The predicted octanol–water partition coefficient (Wildman–Crippen LogP) is 5.70. The van der Waals surface area contributed by atoms with E-state index in [-0.39, 0.29) is 24.1 Å². The van der Waals surface area contributed by atoms with Crippen molar-refractivity contribution in [3.63, 3.8) is 0 Å². The van der Waals surface area contributed by atoms with E-state index < -0.39 is 0 Å². The van der Waals surface area contributed by atoms with E-state index in [1.165, 1.54) is 11.8 Å². The van der Waals surface area contributed by atoms with Gasteiger partial charge in [0.15, 0.2) is 11.0 Å². The third-order valence-electron chi connectivity index (χ3n) is 6.04. The van der Waals surface area contributed by atoms with E-state index >= 15 is 0 Å². The van der Waals surface area contributed by atoms with Crippen LogP contribution in [-0.4, -0.2) is 32.3 Å². The van der Waals surface area contributed by atoms with Crippen LogP contribution in [0.25, 0.3) is 16.5 Å². The fourth-order valence-corrected chi connectivity index (χ4v) is 5.03. The molecule has 0 bridgehead atoms. The van der Waals surface area contributed by atoms with E-state index in [9.17, 15) is 9.59 Å².